The van der Waals surface area contributed by atoms with Gasteiger partial charge in [-0.15, -0.1) is 0 Å². The Kier molecular flexibility index (Phi) is 24.9. The van der Waals surface area contributed by atoms with Crippen LogP contribution in [0.4, 0.5) is 26.3 Å². The minimum atomic E-state index is -4.66. The van der Waals surface area contributed by atoms with E-state index in [4.69, 9.17) is 13.9 Å². The average molecular weight is 952 g/mol. The van der Waals surface area contributed by atoms with Gasteiger partial charge in [0.05, 0.1) is 25.3 Å². The summed E-state index contributed by atoms with van der Waals surface area (Å²) in [4.78, 5) is 63.9. The molecule has 4 heterocycles. The third kappa shape index (κ3) is 18.7. The Labute approximate surface area is 408 Å². The second kappa shape index (κ2) is 27.3. The minimum Gasteiger partial charge on any atom is -1.00 e. The number of ether oxygens (including phenoxy) is 2. The first-order valence-electron chi connectivity index (χ1n) is 21.8. The molecule has 2 aromatic rings. The molecule has 2 saturated heterocycles. The second-order valence-corrected chi connectivity index (χ2v) is 17.2. The minimum absolute atomic E-state index is 0. The van der Waals surface area contributed by atoms with E-state index < -0.39 is 52.4 Å². The van der Waals surface area contributed by atoms with Gasteiger partial charge < -0.3 is 34.6 Å². The van der Waals surface area contributed by atoms with Crippen molar-refractivity contribution >= 4 is 37.9 Å². The number of ketones is 1. The maximum absolute atomic E-state index is 12.8. The zero-order valence-electron chi connectivity index (χ0n) is 40.0. The van der Waals surface area contributed by atoms with Gasteiger partial charge in [-0.25, -0.2) is 0 Å². The van der Waals surface area contributed by atoms with E-state index in [9.17, 15) is 55.4 Å². The van der Waals surface area contributed by atoms with Crippen molar-refractivity contribution < 1.29 is 105 Å². The number of hydrogen-bond acceptors (Lipinski definition) is 10. The Balaban J connectivity index is 0.00000124. The standard InChI is InChI=1S/C23H32F3NO5.C23H30F3NO5.B.Na.H/c2*1-4-31-20(29)9-7-5-6-8-14-27-16(15-22(2,3)21(27)30)10-11-17(28)18-12-13-19(32-18)23(24,25)26;;;/h10-13,16-17,28H,4-9,14-15H2,1-3H3;10-13,16H,4-9,14-15H2,1-3H3;;;/q;;;+1;-1/b2*11-10+;;;/t16-,17?;16-;;;/m00.../s1. The summed E-state index contributed by atoms with van der Waals surface area (Å²) in [6.45, 7) is 12.7. The summed E-state index contributed by atoms with van der Waals surface area (Å²) in [5, 5.41) is 10.2. The van der Waals surface area contributed by atoms with Crippen LogP contribution in [-0.2, 0) is 41.0 Å². The smallest absolute Gasteiger partial charge is 1.00 e. The van der Waals surface area contributed by atoms with Gasteiger partial charge in [0, 0.05) is 45.2 Å². The topological polar surface area (TPSA) is 157 Å². The number of nitrogens with zero attached hydrogens (tertiary/aromatic N) is 2. The van der Waals surface area contributed by atoms with Crippen LogP contribution in [0.3, 0.4) is 0 Å². The summed E-state index contributed by atoms with van der Waals surface area (Å²) < 4.78 is 95.1. The molecule has 2 aliphatic heterocycles. The largest absolute Gasteiger partial charge is 1.00 e. The molecule has 3 radical (unpaired) electrons. The van der Waals surface area contributed by atoms with Crippen LogP contribution in [0.5, 0.6) is 0 Å². The Morgan fingerprint density at radius 1 is 0.727 bits per heavy atom. The van der Waals surface area contributed by atoms with Gasteiger partial charge in [-0.1, -0.05) is 71.6 Å². The molecule has 0 aromatic carbocycles. The molecular formula is C46H63BF6N2NaO10. The number of furan rings is 2. The van der Waals surface area contributed by atoms with Gasteiger partial charge in [0.1, 0.15) is 11.9 Å². The molecular weight excluding hydrogens is 888 g/mol. The molecule has 20 heteroatoms. The number of carbonyl (C=O) groups is 5. The number of aliphatic hydroxyl groups excluding tert-OH is 1. The molecule has 2 aliphatic rings. The first-order valence-corrected chi connectivity index (χ1v) is 21.8. The van der Waals surface area contributed by atoms with Crippen molar-refractivity contribution in [1.82, 2.24) is 9.80 Å². The fraction of sp³-hybridized carbons (Fsp3) is 0.630. The predicted octanol–water partition coefficient (Wildman–Crippen LogP) is 6.94. The van der Waals surface area contributed by atoms with Crippen LogP contribution in [0.25, 0.3) is 0 Å². The van der Waals surface area contributed by atoms with Crippen LogP contribution in [0.15, 0.2) is 57.4 Å². The van der Waals surface area contributed by atoms with Gasteiger partial charge >= 0.3 is 53.8 Å². The van der Waals surface area contributed by atoms with E-state index in [0.717, 1.165) is 75.6 Å². The number of alkyl halides is 6. The Morgan fingerprint density at radius 2 is 1.15 bits per heavy atom. The van der Waals surface area contributed by atoms with Gasteiger partial charge in [-0.05, 0) is 82.7 Å². The fourth-order valence-electron chi connectivity index (χ4n) is 7.57. The monoisotopic (exact) mass is 951 g/mol. The molecule has 1 N–H and O–H groups in total. The van der Waals surface area contributed by atoms with Crippen molar-refractivity contribution in [2.24, 2.45) is 10.8 Å². The molecule has 4 rings (SSSR count). The summed E-state index contributed by atoms with van der Waals surface area (Å²) in [5.41, 5.74) is -1.14. The van der Waals surface area contributed by atoms with Gasteiger partial charge in [0.2, 0.25) is 29.1 Å². The Morgan fingerprint density at radius 3 is 1.58 bits per heavy atom. The molecule has 12 nitrogen and oxygen atoms in total. The maximum atomic E-state index is 12.8. The molecule has 66 heavy (non-hydrogen) atoms. The first kappa shape index (κ1) is 60.2. The first-order chi connectivity index (χ1) is 29.9. The molecule has 2 aromatic heterocycles. The fourth-order valence-corrected chi connectivity index (χ4v) is 7.57. The number of amides is 2. The van der Waals surface area contributed by atoms with Crippen molar-refractivity contribution in [3.05, 3.63) is 71.6 Å². The number of esters is 2. The number of allylic oxidation sites excluding steroid dienone is 1. The van der Waals surface area contributed by atoms with Gasteiger partial charge in [-0.2, -0.15) is 26.3 Å². The van der Waals surface area contributed by atoms with Gasteiger partial charge in [0.25, 0.3) is 0 Å². The van der Waals surface area contributed by atoms with Crippen LogP contribution >= 0.6 is 0 Å². The van der Waals surface area contributed by atoms with E-state index in [2.05, 4.69) is 4.42 Å². The number of hydrogen-bond donors (Lipinski definition) is 1. The SMILES string of the molecule is CCOC(=O)CCCCCCN1C(=O)C(C)(C)C[C@@H]1/C=C/C(=O)c1ccc(C(F)(F)F)o1.CCOC(=O)CCCCCCN1C(=O)C(C)(C)C[C@@H]1/C=C/C(O)c1ccc(C(F)(F)F)o1.[B].[H-].[Na+]. The van der Waals surface area contributed by atoms with Crippen LogP contribution in [-0.4, -0.2) is 91.2 Å². The predicted molar refractivity (Wildman–Crippen MR) is 229 cm³/mol. The Bertz CT molecular complexity index is 1930. The number of carbonyl (C=O) groups excluding carboxylic acids is 5. The zero-order valence-corrected chi connectivity index (χ0v) is 41.0. The number of unbranched alkanes of at least 4 members (excludes halogenated alkanes) is 6. The summed E-state index contributed by atoms with van der Waals surface area (Å²) >= 11 is 0. The van der Waals surface area contributed by atoms with Crippen molar-refractivity contribution in [3.8, 4) is 0 Å². The van der Waals surface area contributed by atoms with Crippen molar-refractivity contribution in [2.45, 2.75) is 149 Å². The third-order valence-electron chi connectivity index (χ3n) is 10.9. The van der Waals surface area contributed by atoms with Crippen LogP contribution in [0.1, 0.15) is 154 Å². The summed E-state index contributed by atoms with van der Waals surface area (Å²) in [6.07, 6.45) is 3.31. The molecule has 363 valence electrons. The second-order valence-electron chi connectivity index (χ2n) is 17.2. The molecule has 2 fully saturated rings. The normalized spacial score (nSPS) is 18.5. The van der Waals surface area contributed by atoms with Gasteiger partial charge in [-0.3, -0.25) is 24.0 Å². The van der Waals surface area contributed by atoms with Crippen LogP contribution in [0.2, 0.25) is 0 Å². The van der Waals surface area contributed by atoms with E-state index in [1.165, 1.54) is 12.2 Å². The van der Waals surface area contributed by atoms with Crippen LogP contribution in [0, 0.1) is 10.8 Å². The molecule has 2 amide bonds. The van der Waals surface area contributed by atoms with Crippen LogP contribution < -0.4 is 29.6 Å². The molecule has 0 bridgehead atoms. The van der Waals surface area contributed by atoms with Gasteiger partial charge in [0.15, 0.2) is 5.76 Å². The molecule has 3 atom stereocenters. The molecule has 0 spiro atoms. The number of rotatable bonds is 22. The Hall–Kier alpha value is -3.81. The molecule has 0 aliphatic carbocycles. The molecule has 0 saturated carbocycles. The maximum Gasteiger partial charge on any atom is 1.00 e. The zero-order chi connectivity index (χ0) is 47.9. The number of aliphatic hydroxyl groups is 1. The number of likely N-dealkylation sites (tertiary alicyclic amines) is 2. The quantitative estimate of drug-likeness (QED) is 0.0250. The average Bonchev–Trinajstić information content (AvgIpc) is 4.00. The van der Waals surface area contributed by atoms with E-state index in [0.29, 0.717) is 52.0 Å². The van der Waals surface area contributed by atoms with Crippen molar-refractivity contribution in [2.75, 3.05) is 26.3 Å². The van der Waals surface area contributed by atoms with Crippen molar-refractivity contribution in [1.29, 1.82) is 0 Å². The summed E-state index contributed by atoms with van der Waals surface area (Å²) in [5.74, 6) is -4.11. The van der Waals surface area contributed by atoms with E-state index in [-0.39, 0.29) is 81.0 Å². The third-order valence-corrected chi connectivity index (χ3v) is 10.9. The van der Waals surface area contributed by atoms with Crippen molar-refractivity contribution in [3.63, 3.8) is 0 Å². The summed E-state index contributed by atoms with van der Waals surface area (Å²) in [7, 11) is 0. The number of halogens is 6. The summed E-state index contributed by atoms with van der Waals surface area (Å²) in [6, 6.07) is 3.00. The molecule has 1 unspecified atom stereocenters. The van der Waals surface area contributed by atoms with E-state index in [1.54, 1.807) is 35.8 Å². The van der Waals surface area contributed by atoms with E-state index in [1.807, 2.05) is 27.7 Å². The van der Waals surface area contributed by atoms with E-state index >= 15 is 0 Å².